The van der Waals surface area contributed by atoms with Crippen molar-refractivity contribution in [1.29, 1.82) is 0 Å². The first-order valence-electron chi connectivity index (χ1n) is 7.67. The molecule has 2 rings (SSSR count). The van der Waals surface area contributed by atoms with Crippen LogP contribution >= 0.6 is 23.2 Å². The molecule has 0 aliphatic carbocycles. The minimum absolute atomic E-state index is 0.154. The highest BCUT2D eigenvalue weighted by Crippen LogP contribution is 2.31. The van der Waals surface area contributed by atoms with Crippen LogP contribution in [0.1, 0.15) is 24.2 Å². The Morgan fingerprint density at radius 2 is 1.88 bits per heavy atom. The molecule has 0 heterocycles. The molecule has 0 spiro atoms. The minimum atomic E-state index is -0.533. The van der Waals surface area contributed by atoms with Crippen LogP contribution in [0.4, 0.5) is 17.1 Å². The van der Waals surface area contributed by atoms with Gasteiger partial charge in [0.05, 0.1) is 31.9 Å². The van der Waals surface area contributed by atoms with E-state index in [0.717, 1.165) is 0 Å². The van der Waals surface area contributed by atoms with Gasteiger partial charge in [-0.25, -0.2) is 0 Å². The molecule has 0 aliphatic rings. The Bertz CT molecular complexity index is 808. The topological polar surface area (TPSA) is 75.5 Å². The van der Waals surface area contributed by atoms with E-state index in [1.165, 1.54) is 12.1 Å². The largest absolute Gasteiger partial charge is 0.371 e. The number of hydrogen-bond acceptors (Lipinski definition) is 4. The molecule has 0 aliphatic heterocycles. The second-order valence-electron chi connectivity index (χ2n) is 5.19. The average molecular weight is 382 g/mol. The number of nitrogens with zero attached hydrogens (tertiary/aromatic N) is 2. The number of rotatable bonds is 6. The lowest BCUT2D eigenvalue weighted by molar-refractivity contribution is -0.384. The van der Waals surface area contributed by atoms with Crippen molar-refractivity contribution in [3.63, 3.8) is 0 Å². The first-order chi connectivity index (χ1) is 11.9. The highest BCUT2D eigenvalue weighted by molar-refractivity contribution is 6.44. The van der Waals surface area contributed by atoms with E-state index in [1.54, 1.807) is 24.3 Å². The summed E-state index contributed by atoms with van der Waals surface area (Å²) >= 11 is 12.1. The van der Waals surface area contributed by atoms with Gasteiger partial charge in [-0.05, 0) is 32.0 Å². The first-order valence-corrected chi connectivity index (χ1v) is 8.43. The van der Waals surface area contributed by atoms with Gasteiger partial charge in [0.25, 0.3) is 11.6 Å². The number of halogens is 2. The lowest BCUT2D eigenvalue weighted by Crippen LogP contribution is -2.25. The fourth-order valence-corrected chi connectivity index (χ4v) is 2.80. The highest BCUT2D eigenvalue weighted by Gasteiger charge is 2.20. The summed E-state index contributed by atoms with van der Waals surface area (Å²) in [6, 6.07) is 9.11. The fourth-order valence-electron chi connectivity index (χ4n) is 2.45. The monoisotopic (exact) mass is 381 g/mol. The van der Waals surface area contributed by atoms with Gasteiger partial charge in [-0.2, -0.15) is 0 Å². The van der Waals surface area contributed by atoms with E-state index < -0.39 is 10.8 Å². The van der Waals surface area contributed by atoms with Gasteiger partial charge in [0.1, 0.15) is 0 Å². The smallest absolute Gasteiger partial charge is 0.270 e. The van der Waals surface area contributed by atoms with E-state index in [0.29, 0.717) is 29.5 Å². The van der Waals surface area contributed by atoms with E-state index in [-0.39, 0.29) is 16.3 Å². The lowest BCUT2D eigenvalue weighted by atomic mass is 10.1. The van der Waals surface area contributed by atoms with Gasteiger partial charge in [0, 0.05) is 25.2 Å². The van der Waals surface area contributed by atoms with Crippen LogP contribution in [-0.2, 0) is 0 Å². The number of hydrogen-bond donors (Lipinski definition) is 1. The van der Waals surface area contributed by atoms with Gasteiger partial charge in [-0.3, -0.25) is 14.9 Å². The van der Waals surface area contributed by atoms with Gasteiger partial charge < -0.3 is 10.2 Å². The third-order valence-electron chi connectivity index (χ3n) is 3.74. The van der Waals surface area contributed by atoms with Crippen molar-refractivity contribution in [3.05, 3.63) is 62.1 Å². The number of carbonyl (C=O) groups is 1. The Kier molecular flexibility index (Phi) is 6.22. The molecule has 132 valence electrons. The highest BCUT2D eigenvalue weighted by atomic mass is 35.5. The van der Waals surface area contributed by atoms with Crippen LogP contribution in [0.2, 0.25) is 10.0 Å². The molecule has 1 N–H and O–H groups in total. The maximum Gasteiger partial charge on any atom is 0.270 e. The number of nitrogens with one attached hydrogen (secondary N) is 1. The van der Waals surface area contributed by atoms with Crippen LogP contribution in [0.25, 0.3) is 0 Å². The third kappa shape index (κ3) is 4.21. The summed E-state index contributed by atoms with van der Waals surface area (Å²) in [5.41, 5.74) is 1.01. The number of carbonyl (C=O) groups excluding carboxylic acids is 1. The van der Waals surface area contributed by atoms with E-state index in [9.17, 15) is 14.9 Å². The van der Waals surface area contributed by atoms with Crippen molar-refractivity contribution < 1.29 is 9.72 Å². The lowest BCUT2D eigenvalue weighted by Gasteiger charge is -2.23. The van der Waals surface area contributed by atoms with Crippen molar-refractivity contribution in [2.45, 2.75) is 13.8 Å². The van der Waals surface area contributed by atoms with Crippen molar-refractivity contribution in [1.82, 2.24) is 0 Å². The maximum atomic E-state index is 12.7. The van der Waals surface area contributed by atoms with E-state index in [4.69, 9.17) is 23.2 Å². The van der Waals surface area contributed by atoms with Crippen LogP contribution in [0.5, 0.6) is 0 Å². The molecular weight excluding hydrogens is 365 g/mol. The summed E-state index contributed by atoms with van der Waals surface area (Å²) in [6.07, 6.45) is 0. The van der Waals surface area contributed by atoms with Crippen molar-refractivity contribution >= 4 is 46.2 Å². The Hall–Kier alpha value is -2.31. The number of anilines is 2. The molecule has 0 saturated heterocycles. The van der Waals surface area contributed by atoms with Crippen LogP contribution in [0.15, 0.2) is 36.4 Å². The SMILES string of the molecule is CCN(CC)c1ccc([N+](=O)[O-])cc1C(=O)Nc1cccc(Cl)c1Cl. The number of nitro groups is 1. The molecule has 2 aromatic rings. The molecule has 2 aromatic carbocycles. The molecule has 0 saturated carbocycles. The quantitative estimate of drug-likeness (QED) is 0.564. The summed E-state index contributed by atoms with van der Waals surface area (Å²) in [7, 11) is 0. The molecular formula is C17H17Cl2N3O3. The predicted octanol–water partition coefficient (Wildman–Crippen LogP) is 5.00. The number of non-ortho nitro benzene ring substituents is 1. The van der Waals surface area contributed by atoms with Crippen molar-refractivity contribution in [2.24, 2.45) is 0 Å². The van der Waals surface area contributed by atoms with E-state index >= 15 is 0 Å². The Balaban J connectivity index is 2.47. The maximum absolute atomic E-state index is 12.7. The summed E-state index contributed by atoms with van der Waals surface area (Å²) < 4.78 is 0. The zero-order valence-electron chi connectivity index (χ0n) is 13.8. The van der Waals surface area contributed by atoms with E-state index in [2.05, 4.69) is 5.32 Å². The predicted molar refractivity (Wildman–Crippen MR) is 101 cm³/mol. The second kappa shape index (κ2) is 8.18. The molecule has 0 atom stereocenters. The van der Waals surface area contributed by atoms with Crippen molar-refractivity contribution in [2.75, 3.05) is 23.3 Å². The minimum Gasteiger partial charge on any atom is -0.371 e. The Labute approximate surface area is 155 Å². The molecule has 8 heteroatoms. The van der Waals surface area contributed by atoms with Crippen LogP contribution in [-0.4, -0.2) is 23.9 Å². The van der Waals surface area contributed by atoms with Gasteiger partial charge in [0.15, 0.2) is 0 Å². The summed E-state index contributed by atoms with van der Waals surface area (Å²) in [5.74, 6) is -0.491. The molecule has 6 nitrogen and oxygen atoms in total. The van der Waals surface area contributed by atoms with Crippen molar-refractivity contribution in [3.8, 4) is 0 Å². The fraction of sp³-hybridized carbons (Fsp3) is 0.235. The molecule has 0 radical (unpaired) electrons. The summed E-state index contributed by atoms with van der Waals surface area (Å²) in [5, 5.41) is 14.3. The average Bonchev–Trinajstić information content (AvgIpc) is 2.60. The van der Waals surface area contributed by atoms with Gasteiger partial charge in [-0.15, -0.1) is 0 Å². The first kappa shape index (κ1) is 19.0. The number of benzene rings is 2. The molecule has 0 bridgehead atoms. The summed E-state index contributed by atoms with van der Waals surface area (Å²) in [6.45, 7) is 5.21. The van der Waals surface area contributed by atoms with Gasteiger partial charge in [-0.1, -0.05) is 29.3 Å². The van der Waals surface area contributed by atoms with Gasteiger partial charge >= 0.3 is 0 Å². The van der Waals surface area contributed by atoms with Crippen LogP contribution in [0, 0.1) is 10.1 Å². The van der Waals surface area contributed by atoms with E-state index in [1.807, 2.05) is 18.7 Å². The zero-order chi connectivity index (χ0) is 18.6. The normalized spacial score (nSPS) is 10.4. The van der Waals surface area contributed by atoms with Gasteiger partial charge in [0.2, 0.25) is 0 Å². The molecule has 25 heavy (non-hydrogen) atoms. The van der Waals surface area contributed by atoms with Crippen LogP contribution in [0.3, 0.4) is 0 Å². The number of nitro benzene ring substituents is 1. The number of amides is 1. The molecule has 1 amide bonds. The zero-order valence-corrected chi connectivity index (χ0v) is 15.3. The third-order valence-corrected chi connectivity index (χ3v) is 4.56. The Morgan fingerprint density at radius 1 is 1.20 bits per heavy atom. The van der Waals surface area contributed by atoms with Crippen LogP contribution < -0.4 is 10.2 Å². The molecule has 0 aromatic heterocycles. The molecule has 0 fully saturated rings. The Morgan fingerprint density at radius 3 is 2.48 bits per heavy atom. The second-order valence-corrected chi connectivity index (χ2v) is 5.97. The summed E-state index contributed by atoms with van der Waals surface area (Å²) in [4.78, 5) is 25.2. The molecule has 0 unspecified atom stereocenters. The standard InChI is InChI=1S/C17H17Cl2N3O3/c1-3-21(4-2)15-9-8-11(22(24)25)10-12(15)17(23)20-14-7-5-6-13(18)16(14)19/h5-10H,3-4H2,1-2H3,(H,20,23).